The van der Waals surface area contributed by atoms with Crippen molar-refractivity contribution < 1.29 is 14.6 Å². The molecule has 0 amide bonds. The van der Waals surface area contributed by atoms with Crippen LogP contribution in [0.4, 0.5) is 0 Å². The largest absolute Gasteiger partial charge is 0.481 e. The highest BCUT2D eigenvalue weighted by molar-refractivity contribution is 6.30. The molecule has 0 unspecified atom stereocenters. The minimum absolute atomic E-state index is 0.409. The van der Waals surface area contributed by atoms with Crippen LogP contribution in [-0.4, -0.2) is 17.7 Å². The number of rotatable bonds is 5. The van der Waals surface area contributed by atoms with E-state index in [2.05, 4.69) is 6.07 Å². The van der Waals surface area contributed by atoms with E-state index < -0.39 is 12.6 Å². The summed E-state index contributed by atoms with van der Waals surface area (Å²) in [4.78, 5) is 10.6. The van der Waals surface area contributed by atoms with Gasteiger partial charge in [-0.05, 0) is 29.8 Å². The first-order valence-electron chi connectivity index (χ1n) is 6.41. The highest BCUT2D eigenvalue weighted by Crippen LogP contribution is 2.25. The third kappa shape index (κ3) is 4.11. The van der Waals surface area contributed by atoms with E-state index in [-0.39, 0.29) is 0 Å². The van der Waals surface area contributed by atoms with Crippen molar-refractivity contribution in [2.45, 2.75) is 0 Å². The van der Waals surface area contributed by atoms with Crippen LogP contribution in [0.1, 0.15) is 11.1 Å². The maximum Gasteiger partial charge on any atom is 0.341 e. The van der Waals surface area contributed by atoms with Crippen LogP contribution in [0.25, 0.3) is 11.6 Å². The summed E-state index contributed by atoms with van der Waals surface area (Å²) in [5.41, 5.74) is 1.79. The van der Waals surface area contributed by atoms with Crippen LogP contribution in [0.2, 0.25) is 5.02 Å². The summed E-state index contributed by atoms with van der Waals surface area (Å²) in [6, 6.07) is 16.0. The van der Waals surface area contributed by atoms with Crippen molar-refractivity contribution >= 4 is 29.2 Å². The highest BCUT2D eigenvalue weighted by Gasteiger charge is 2.06. The Labute approximate surface area is 132 Å². The van der Waals surface area contributed by atoms with Crippen LogP contribution in [0.3, 0.4) is 0 Å². The predicted molar refractivity (Wildman–Crippen MR) is 84.5 cm³/mol. The normalized spacial score (nSPS) is 10.8. The summed E-state index contributed by atoms with van der Waals surface area (Å²) in [5.74, 6) is -0.649. The number of benzene rings is 2. The molecular formula is C17H12ClNO3. The average Bonchev–Trinajstić information content (AvgIpc) is 2.52. The minimum Gasteiger partial charge on any atom is -0.481 e. The van der Waals surface area contributed by atoms with Gasteiger partial charge in [-0.25, -0.2) is 4.79 Å². The third-order valence-electron chi connectivity index (χ3n) is 2.85. The van der Waals surface area contributed by atoms with Gasteiger partial charge in [0.25, 0.3) is 0 Å². The fraction of sp³-hybridized carbons (Fsp3) is 0.0588. The molecule has 0 aliphatic heterocycles. The van der Waals surface area contributed by atoms with Crippen LogP contribution in [0.15, 0.2) is 48.5 Å². The van der Waals surface area contributed by atoms with Crippen molar-refractivity contribution in [3.8, 4) is 11.8 Å². The molecule has 0 radical (unpaired) electrons. The number of ether oxygens (including phenoxy) is 1. The molecule has 0 aliphatic carbocycles. The van der Waals surface area contributed by atoms with E-state index in [9.17, 15) is 10.1 Å². The fourth-order valence-electron chi connectivity index (χ4n) is 1.84. The molecule has 4 nitrogen and oxygen atoms in total. The molecule has 0 aromatic heterocycles. The molecule has 2 rings (SSSR count). The van der Waals surface area contributed by atoms with Crippen LogP contribution >= 0.6 is 11.6 Å². The standard InChI is InChI=1S/C17H12ClNO3/c18-15-7-5-12(6-8-15)14(10-19)9-13-3-1-2-4-16(13)22-11-17(20)21/h1-9H,11H2,(H,20,21)/b14-9+. The zero-order valence-electron chi connectivity index (χ0n) is 11.5. The van der Waals surface area contributed by atoms with Crippen LogP contribution < -0.4 is 4.74 Å². The summed E-state index contributed by atoms with van der Waals surface area (Å²) in [6.45, 7) is -0.437. The smallest absolute Gasteiger partial charge is 0.341 e. The quantitative estimate of drug-likeness (QED) is 0.672. The topological polar surface area (TPSA) is 70.3 Å². The number of halogens is 1. The monoisotopic (exact) mass is 313 g/mol. The second-order valence-corrected chi connectivity index (χ2v) is 4.83. The molecule has 2 aromatic rings. The van der Waals surface area contributed by atoms with Crippen molar-refractivity contribution in [2.24, 2.45) is 0 Å². The molecule has 22 heavy (non-hydrogen) atoms. The van der Waals surface area contributed by atoms with Gasteiger partial charge in [0.05, 0.1) is 11.6 Å². The van der Waals surface area contributed by atoms with Crippen molar-refractivity contribution in [1.29, 1.82) is 5.26 Å². The molecule has 0 spiro atoms. The molecule has 0 atom stereocenters. The molecule has 1 N–H and O–H groups in total. The number of hydrogen-bond donors (Lipinski definition) is 1. The predicted octanol–water partition coefficient (Wildman–Crippen LogP) is 3.87. The summed E-state index contributed by atoms with van der Waals surface area (Å²) in [5, 5.41) is 18.6. The number of carboxylic acids is 1. The molecule has 2 aromatic carbocycles. The van der Waals surface area contributed by atoms with Gasteiger partial charge in [0, 0.05) is 10.6 Å². The molecular weight excluding hydrogens is 302 g/mol. The van der Waals surface area contributed by atoms with Gasteiger partial charge in [0.2, 0.25) is 0 Å². The summed E-state index contributed by atoms with van der Waals surface area (Å²) in [6.07, 6.45) is 1.65. The van der Waals surface area contributed by atoms with Crippen LogP contribution in [0, 0.1) is 11.3 Å². The summed E-state index contributed by atoms with van der Waals surface area (Å²) >= 11 is 5.84. The van der Waals surface area contributed by atoms with E-state index in [1.807, 2.05) is 0 Å². The first-order chi connectivity index (χ1) is 10.6. The Hall–Kier alpha value is -2.77. The Morgan fingerprint density at radius 3 is 2.55 bits per heavy atom. The Kier molecular flexibility index (Phi) is 5.18. The number of carboxylic acid groups (broad SMARTS) is 1. The molecule has 0 saturated heterocycles. The Bertz CT molecular complexity index is 745. The van der Waals surface area contributed by atoms with Gasteiger partial charge in [-0.15, -0.1) is 0 Å². The van der Waals surface area contributed by atoms with E-state index in [1.54, 1.807) is 54.6 Å². The number of hydrogen-bond acceptors (Lipinski definition) is 3. The van der Waals surface area contributed by atoms with Gasteiger partial charge in [0.15, 0.2) is 6.61 Å². The van der Waals surface area contributed by atoms with Crippen LogP contribution in [-0.2, 0) is 4.79 Å². The number of nitriles is 1. The second kappa shape index (κ2) is 7.30. The first kappa shape index (κ1) is 15.6. The SMILES string of the molecule is N#C/C(=C\c1ccccc1OCC(=O)O)c1ccc(Cl)cc1. The lowest BCUT2D eigenvalue weighted by atomic mass is 10.0. The van der Waals surface area contributed by atoms with E-state index in [4.69, 9.17) is 21.4 Å². The number of para-hydroxylation sites is 1. The fourth-order valence-corrected chi connectivity index (χ4v) is 1.96. The average molecular weight is 314 g/mol. The lowest BCUT2D eigenvalue weighted by molar-refractivity contribution is -0.139. The van der Waals surface area contributed by atoms with Crippen molar-refractivity contribution in [2.75, 3.05) is 6.61 Å². The van der Waals surface area contributed by atoms with Gasteiger partial charge in [-0.2, -0.15) is 5.26 Å². The Morgan fingerprint density at radius 1 is 1.23 bits per heavy atom. The number of carbonyl (C=O) groups is 1. The van der Waals surface area contributed by atoms with Gasteiger partial charge >= 0.3 is 5.97 Å². The van der Waals surface area contributed by atoms with Gasteiger partial charge in [-0.1, -0.05) is 41.9 Å². The van der Waals surface area contributed by atoms with Crippen LogP contribution in [0.5, 0.6) is 5.75 Å². The van der Waals surface area contributed by atoms with Gasteiger partial charge in [-0.3, -0.25) is 0 Å². The molecule has 5 heteroatoms. The zero-order chi connectivity index (χ0) is 15.9. The van der Waals surface area contributed by atoms with E-state index in [1.165, 1.54) is 0 Å². The Morgan fingerprint density at radius 2 is 1.91 bits per heavy atom. The number of nitrogens with zero attached hydrogens (tertiary/aromatic N) is 1. The van der Waals surface area contributed by atoms with Crippen molar-refractivity contribution in [3.63, 3.8) is 0 Å². The third-order valence-corrected chi connectivity index (χ3v) is 3.10. The zero-order valence-corrected chi connectivity index (χ0v) is 12.2. The number of aliphatic carboxylic acids is 1. The molecule has 110 valence electrons. The van der Waals surface area contributed by atoms with Gasteiger partial charge in [0.1, 0.15) is 5.75 Å². The lowest BCUT2D eigenvalue weighted by Crippen LogP contribution is -2.09. The molecule has 0 fully saturated rings. The van der Waals surface area contributed by atoms with Crippen molar-refractivity contribution in [3.05, 3.63) is 64.7 Å². The first-order valence-corrected chi connectivity index (χ1v) is 6.79. The lowest BCUT2D eigenvalue weighted by Gasteiger charge is -2.07. The summed E-state index contributed by atoms with van der Waals surface area (Å²) in [7, 11) is 0. The molecule has 0 bridgehead atoms. The van der Waals surface area contributed by atoms with Gasteiger partial charge < -0.3 is 9.84 Å². The van der Waals surface area contributed by atoms with Crippen molar-refractivity contribution in [1.82, 2.24) is 0 Å². The van der Waals surface area contributed by atoms with E-state index in [0.717, 1.165) is 5.56 Å². The maximum absolute atomic E-state index is 10.6. The minimum atomic E-state index is -1.06. The Balaban J connectivity index is 2.36. The summed E-state index contributed by atoms with van der Waals surface area (Å²) < 4.78 is 5.22. The number of allylic oxidation sites excluding steroid dienone is 1. The second-order valence-electron chi connectivity index (χ2n) is 4.40. The molecule has 0 heterocycles. The maximum atomic E-state index is 10.6. The molecule has 0 saturated carbocycles. The van der Waals surface area contributed by atoms with E-state index >= 15 is 0 Å². The molecule has 0 aliphatic rings. The highest BCUT2D eigenvalue weighted by atomic mass is 35.5. The van der Waals surface area contributed by atoms with E-state index in [0.29, 0.717) is 21.9 Å².